The lowest BCUT2D eigenvalue weighted by Gasteiger charge is -2.26. The molecule has 8 heteroatoms. The van der Waals surface area contributed by atoms with Crippen LogP contribution in [0.25, 0.3) is 0 Å². The molecule has 2 fully saturated rings. The zero-order valence-electron chi connectivity index (χ0n) is 16.4. The van der Waals surface area contributed by atoms with Crippen molar-refractivity contribution in [3.8, 4) is 11.8 Å². The Hall–Kier alpha value is -2.11. The summed E-state index contributed by atoms with van der Waals surface area (Å²) in [6.45, 7) is 1.92. The number of likely N-dealkylation sites (tertiary alicyclic amines) is 1. The first-order valence-electron chi connectivity index (χ1n) is 9.28. The standard InChI is InChI=1S/C21H23N3O3S.ClH/c1-23-12-17-13-24(28(25,26)19-9-3-15(11-22)4-10-19)14-20(17)21(23)16-5-7-18(27-2)8-6-16;/h3-10,17,20-21H,12-14H2,1-2H3;1H/t17-,20+,21+;/m0./s1. The summed E-state index contributed by atoms with van der Waals surface area (Å²) < 4.78 is 33.0. The molecule has 2 aromatic rings. The number of sulfonamides is 1. The molecule has 0 amide bonds. The second kappa shape index (κ2) is 8.33. The van der Waals surface area contributed by atoms with E-state index >= 15 is 0 Å². The van der Waals surface area contributed by atoms with Crippen LogP contribution in [0.4, 0.5) is 0 Å². The molecule has 2 saturated heterocycles. The third kappa shape index (κ3) is 3.86. The Morgan fingerprint density at radius 1 is 1.03 bits per heavy atom. The fourth-order valence-corrected chi connectivity index (χ4v) is 6.10. The molecule has 2 aliphatic rings. The van der Waals surface area contributed by atoms with E-state index in [0.717, 1.165) is 12.3 Å². The number of hydrogen-bond donors (Lipinski definition) is 0. The molecular formula is C21H24ClN3O3S. The maximum atomic E-state index is 13.1. The minimum atomic E-state index is -3.55. The summed E-state index contributed by atoms with van der Waals surface area (Å²) in [6.07, 6.45) is 0. The Balaban J connectivity index is 0.00000240. The number of halogens is 1. The molecule has 4 rings (SSSR count). The van der Waals surface area contributed by atoms with Crippen molar-refractivity contribution < 1.29 is 13.2 Å². The molecule has 0 saturated carbocycles. The van der Waals surface area contributed by atoms with Gasteiger partial charge in [0.25, 0.3) is 0 Å². The van der Waals surface area contributed by atoms with E-state index < -0.39 is 10.0 Å². The van der Waals surface area contributed by atoms with E-state index in [1.807, 2.05) is 18.2 Å². The summed E-state index contributed by atoms with van der Waals surface area (Å²) in [5, 5.41) is 8.92. The molecule has 0 radical (unpaired) electrons. The van der Waals surface area contributed by atoms with E-state index in [-0.39, 0.29) is 29.3 Å². The van der Waals surface area contributed by atoms with Gasteiger partial charge in [0, 0.05) is 25.7 Å². The highest BCUT2D eigenvalue weighted by Crippen LogP contribution is 2.45. The largest absolute Gasteiger partial charge is 0.497 e. The number of rotatable bonds is 4. The lowest BCUT2D eigenvalue weighted by molar-refractivity contribution is 0.261. The first-order chi connectivity index (χ1) is 13.4. The maximum absolute atomic E-state index is 13.1. The number of methoxy groups -OCH3 is 1. The molecule has 29 heavy (non-hydrogen) atoms. The van der Waals surface area contributed by atoms with E-state index in [2.05, 4.69) is 24.1 Å². The molecule has 2 heterocycles. The second-order valence-electron chi connectivity index (χ2n) is 7.54. The molecule has 0 spiro atoms. The highest BCUT2D eigenvalue weighted by Gasteiger charge is 2.49. The zero-order chi connectivity index (χ0) is 19.9. The van der Waals surface area contributed by atoms with Crippen molar-refractivity contribution >= 4 is 22.4 Å². The molecular weight excluding hydrogens is 410 g/mol. The van der Waals surface area contributed by atoms with Crippen molar-refractivity contribution in [3.05, 3.63) is 59.7 Å². The van der Waals surface area contributed by atoms with Gasteiger partial charge in [0.1, 0.15) is 5.75 Å². The normalized spacial score (nSPS) is 24.5. The van der Waals surface area contributed by atoms with Gasteiger partial charge in [0.05, 0.1) is 23.6 Å². The fourth-order valence-electron chi connectivity index (χ4n) is 4.57. The zero-order valence-corrected chi connectivity index (χ0v) is 18.0. The van der Waals surface area contributed by atoms with Gasteiger partial charge in [-0.05, 0) is 60.8 Å². The predicted octanol–water partition coefficient (Wildman–Crippen LogP) is 2.91. The third-order valence-electron chi connectivity index (χ3n) is 5.94. The molecule has 154 valence electrons. The van der Waals surface area contributed by atoms with Gasteiger partial charge >= 0.3 is 0 Å². The Morgan fingerprint density at radius 2 is 1.69 bits per heavy atom. The minimum Gasteiger partial charge on any atom is -0.497 e. The fraction of sp³-hybridized carbons (Fsp3) is 0.381. The second-order valence-corrected chi connectivity index (χ2v) is 9.48. The number of nitrogens with zero attached hydrogens (tertiary/aromatic N) is 3. The number of hydrogen-bond acceptors (Lipinski definition) is 5. The molecule has 0 aliphatic carbocycles. The number of nitriles is 1. The van der Waals surface area contributed by atoms with Crippen LogP contribution in [0.3, 0.4) is 0 Å². The number of ether oxygens (including phenoxy) is 1. The van der Waals surface area contributed by atoms with Crippen LogP contribution in [0.15, 0.2) is 53.4 Å². The van der Waals surface area contributed by atoms with Crippen molar-refractivity contribution in [2.45, 2.75) is 10.9 Å². The monoisotopic (exact) mass is 433 g/mol. The lowest BCUT2D eigenvalue weighted by atomic mass is 9.89. The van der Waals surface area contributed by atoms with Gasteiger partial charge in [0.15, 0.2) is 0 Å². The SMILES string of the molecule is COc1ccc([C@@H]2[C@@H]3CN(S(=O)(=O)c4ccc(C#N)cc4)C[C@@H]3CN2C)cc1.Cl. The Kier molecular flexibility index (Phi) is 6.20. The van der Waals surface area contributed by atoms with Crippen LogP contribution in [0.2, 0.25) is 0 Å². The maximum Gasteiger partial charge on any atom is 0.243 e. The van der Waals surface area contributed by atoms with Gasteiger partial charge in [-0.1, -0.05) is 12.1 Å². The Morgan fingerprint density at radius 3 is 2.28 bits per heavy atom. The van der Waals surface area contributed by atoms with Crippen LogP contribution in [-0.4, -0.2) is 51.4 Å². The molecule has 3 atom stereocenters. The molecule has 2 aliphatic heterocycles. The van der Waals surface area contributed by atoms with E-state index in [9.17, 15) is 8.42 Å². The van der Waals surface area contributed by atoms with Gasteiger partial charge in [-0.3, -0.25) is 4.90 Å². The molecule has 0 N–H and O–H groups in total. The molecule has 0 bridgehead atoms. The summed E-state index contributed by atoms with van der Waals surface area (Å²) >= 11 is 0. The highest BCUT2D eigenvalue weighted by molar-refractivity contribution is 7.89. The van der Waals surface area contributed by atoms with Crippen molar-refractivity contribution in [2.75, 3.05) is 33.8 Å². The van der Waals surface area contributed by atoms with Crippen LogP contribution in [-0.2, 0) is 10.0 Å². The first kappa shape index (κ1) is 21.6. The topological polar surface area (TPSA) is 73.6 Å². The van der Waals surface area contributed by atoms with Crippen LogP contribution in [0.5, 0.6) is 5.75 Å². The summed E-state index contributed by atoms with van der Waals surface area (Å²) in [4.78, 5) is 2.57. The van der Waals surface area contributed by atoms with Crippen molar-refractivity contribution in [1.29, 1.82) is 5.26 Å². The summed E-state index contributed by atoms with van der Waals surface area (Å²) in [5.74, 6) is 1.38. The minimum absolute atomic E-state index is 0. The van der Waals surface area contributed by atoms with Crippen molar-refractivity contribution in [1.82, 2.24) is 9.21 Å². The third-order valence-corrected chi connectivity index (χ3v) is 7.79. The first-order valence-corrected chi connectivity index (χ1v) is 10.7. The summed E-state index contributed by atoms with van der Waals surface area (Å²) in [7, 11) is 0.198. The van der Waals surface area contributed by atoms with Gasteiger partial charge in [-0.25, -0.2) is 8.42 Å². The Labute approximate surface area is 178 Å². The smallest absolute Gasteiger partial charge is 0.243 e. The molecule has 2 aromatic carbocycles. The van der Waals surface area contributed by atoms with Gasteiger partial charge in [-0.2, -0.15) is 9.57 Å². The number of benzene rings is 2. The van der Waals surface area contributed by atoms with Crippen molar-refractivity contribution in [2.24, 2.45) is 11.8 Å². The average Bonchev–Trinajstić information content (AvgIpc) is 3.25. The van der Waals surface area contributed by atoms with Crippen molar-refractivity contribution in [3.63, 3.8) is 0 Å². The van der Waals surface area contributed by atoms with Gasteiger partial charge in [-0.15, -0.1) is 12.4 Å². The average molecular weight is 434 g/mol. The van der Waals surface area contributed by atoms with E-state index in [1.54, 1.807) is 23.5 Å². The highest BCUT2D eigenvalue weighted by atomic mass is 35.5. The lowest BCUT2D eigenvalue weighted by Crippen LogP contribution is -2.33. The quantitative estimate of drug-likeness (QED) is 0.741. The van der Waals surface area contributed by atoms with Gasteiger partial charge in [0.2, 0.25) is 10.0 Å². The van der Waals surface area contributed by atoms with Crippen LogP contribution >= 0.6 is 12.4 Å². The Bertz CT molecular complexity index is 1000. The molecule has 0 aromatic heterocycles. The van der Waals surface area contributed by atoms with E-state index in [1.165, 1.54) is 17.7 Å². The van der Waals surface area contributed by atoms with Crippen LogP contribution in [0, 0.1) is 23.2 Å². The molecule has 6 nitrogen and oxygen atoms in total. The number of fused-ring (bicyclic) bond motifs is 1. The van der Waals surface area contributed by atoms with Crippen LogP contribution in [0.1, 0.15) is 17.2 Å². The summed E-state index contributed by atoms with van der Waals surface area (Å²) in [6, 6.07) is 16.4. The van der Waals surface area contributed by atoms with E-state index in [4.69, 9.17) is 10.00 Å². The predicted molar refractivity (Wildman–Crippen MR) is 113 cm³/mol. The van der Waals surface area contributed by atoms with Crippen LogP contribution < -0.4 is 4.74 Å². The molecule has 0 unspecified atom stereocenters. The van der Waals surface area contributed by atoms with E-state index in [0.29, 0.717) is 24.6 Å². The summed E-state index contributed by atoms with van der Waals surface area (Å²) in [5.41, 5.74) is 1.65. The van der Waals surface area contributed by atoms with Gasteiger partial charge < -0.3 is 4.74 Å².